The lowest BCUT2D eigenvalue weighted by molar-refractivity contribution is 0.590. The molecule has 1 nitrogen and oxygen atoms in total. The summed E-state index contributed by atoms with van der Waals surface area (Å²) in [5.41, 5.74) is 18.0. The molecule has 0 unspecified atom stereocenters. The highest BCUT2D eigenvalue weighted by molar-refractivity contribution is 6.26. The molecule has 0 amide bonds. The number of hydrogen-bond donors (Lipinski definition) is 0. The van der Waals surface area contributed by atoms with Crippen LogP contribution < -0.4 is 4.90 Å². The minimum absolute atomic E-state index is 0.0424. The summed E-state index contributed by atoms with van der Waals surface area (Å²) >= 11 is 0. The number of rotatable bonds is 5. The summed E-state index contributed by atoms with van der Waals surface area (Å²) in [6.07, 6.45) is 0. The van der Waals surface area contributed by atoms with Crippen LogP contribution in [-0.4, -0.2) is 0 Å². The zero-order valence-corrected chi connectivity index (χ0v) is 30.0. The predicted octanol–water partition coefficient (Wildman–Crippen LogP) is 14.4. The summed E-state index contributed by atoms with van der Waals surface area (Å²) in [6, 6.07) is 58.4. The molecule has 0 saturated heterocycles. The lowest BCUT2D eigenvalue weighted by Gasteiger charge is -2.33. The minimum Gasteiger partial charge on any atom is -0.310 e. The van der Waals surface area contributed by atoms with Gasteiger partial charge in [-0.25, -0.2) is 0 Å². The largest absolute Gasteiger partial charge is 0.310 e. The molecule has 51 heavy (non-hydrogen) atoms. The zero-order chi connectivity index (χ0) is 34.9. The van der Waals surface area contributed by atoms with Gasteiger partial charge >= 0.3 is 0 Å². The fraction of sp³-hybridized carbons (Fsp3) is 0.120. The molecule has 0 aromatic heterocycles. The van der Waals surface area contributed by atoms with E-state index in [1.54, 1.807) is 0 Å². The van der Waals surface area contributed by atoms with Crippen molar-refractivity contribution in [3.63, 3.8) is 0 Å². The highest BCUT2D eigenvalue weighted by atomic mass is 15.1. The van der Waals surface area contributed by atoms with Gasteiger partial charge in [0.15, 0.2) is 0 Å². The quantitative estimate of drug-likeness (QED) is 0.178. The molecular weight excluding hydrogens is 615 g/mol. The third-order valence-corrected chi connectivity index (χ3v) is 10.7. The van der Waals surface area contributed by atoms with Crippen molar-refractivity contribution >= 4 is 38.6 Å². The van der Waals surface area contributed by atoms with Crippen LogP contribution in [0.4, 0.5) is 17.1 Å². The van der Waals surface area contributed by atoms with E-state index in [-0.39, 0.29) is 5.41 Å². The fourth-order valence-corrected chi connectivity index (χ4v) is 8.24. The van der Waals surface area contributed by atoms with Gasteiger partial charge in [-0.3, -0.25) is 0 Å². The van der Waals surface area contributed by atoms with E-state index in [1.165, 1.54) is 94.1 Å². The highest BCUT2D eigenvalue weighted by Crippen LogP contribution is 2.60. The molecule has 0 heterocycles. The van der Waals surface area contributed by atoms with Crippen LogP contribution >= 0.6 is 0 Å². The molecule has 1 heteroatoms. The maximum Gasteiger partial charge on any atom is 0.0519 e. The molecule has 8 aromatic rings. The van der Waals surface area contributed by atoms with Crippen LogP contribution in [-0.2, 0) is 5.41 Å². The van der Waals surface area contributed by atoms with Gasteiger partial charge in [0.25, 0.3) is 0 Å². The molecule has 0 atom stereocenters. The Hall–Kier alpha value is -5.92. The van der Waals surface area contributed by atoms with Gasteiger partial charge in [-0.15, -0.1) is 0 Å². The van der Waals surface area contributed by atoms with Gasteiger partial charge in [0.2, 0.25) is 0 Å². The van der Waals surface area contributed by atoms with Gasteiger partial charge in [0, 0.05) is 11.4 Å². The van der Waals surface area contributed by atoms with Gasteiger partial charge in [0.05, 0.1) is 5.69 Å². The molecule has 1 aliphatic carbocycles. The van der Waals surface area contributed by atoms with Crippen molar-refractivity contribution in [3.05, 3.63) is 174 Å². The smallest absolute Gasteiger partial charge is 0.0519 e. The Labute approximate surface area is 301 Å². The highest BCUT2D eigenvalue weighted by Gasteiger charge is 2.33. The summed E-state index contributed by atoms with van der Waals surface area (Å²) in [6.45, 7) is 11.3. The lowest BCUT2D eigenvalue weighted by Crippen LogP contribution is -2.16. The summed E-state index contributed by atoms with van der Waals surface area (Å²) in [7, 11) is 0. The van der Waals surface area contributed by atoms with Crippen LogP contribution in [0.25, 0.3) is 66.1 Å². The molecule has 0 N–H and O–H groups in total. The monoisotopic (exact) mass is 655 g/mol. The number of benzene rings is 8. The van der Waals surface area contributed by atoms with Crippen molar-refractivity contribution < 1.29 is 0 Å². The number of nitrogens with zero attached hydrogens (tertiary/aromatic N) is 1. The molecule has 0 fully saturated rings. The molecule has 9 rings (SSSR count). The Morgan fingerprint density at radius 1 is 0.412 bits per heavy atom. The van der Waals surface area contributed by atoms with E-state index in [0.717, 1.165) is 5.69 Å². The number of para-hydroxylation sites is 1. The van der Waals surface area contributed by atoms with E-state index in [4.69, 9.17) is 0 Å². The lowest BCUT2D eigenvalue weighted by atomic mass is 9.70. The summed E-state index contributed by atoms with van der Waals surface area (Å²) in [5, 5.41) is 5.08. The second kappa shape index (κ2) is 11.9. The number of fused-ring (bicyclic) bond motifs is 6. The molecule has 0 bridgehead atoms. The molecule has 8 aromatic carbocycles. The van der Waals surface area contributed by atoms with Crippen molar-refractivity contribution in [2.24, 2.45) is 0 Å². The van der Waals surface area contributed by atoms with E-state index in [9.17, 15) is 0 Å². The van der Waals surface area contributed by atoms with Gasteiger partial charge < -0.3 is 4.90 Å². The third kappa shape index (κ3) is 5.07. The first kappa shape index (κ1) is 31.1. The molecule has 0 aliphatic heterocycles. The van der Waals surface area contributed by atoms with Crippen LogP contribution in [0.5, 0.6) is 0 Å². The second-order valence-electron chi connectivity index (χ2n) is 15.1. The Balaban J connectivity index is 1.29. The molecule has 0 saturated carbocycles. The average Bonchev–Trinajstić information content (AvgIpc) is 3.15. The van der Waals surface area contributed by atoms with Gasteiger partial charge in [0.1, 0.15) is 0 Å². The summed E-state index contributed by atoms with van der Waals surface area (Å²) in [5.74, 6) is 0. The SMILES string of the molecule is Cc1cccc(C)c1N(c1cccc(C(C)(C)C)c1)c1ccc2cc3c(cc2c1)-c1c-3c(-c2ccccc2)c2ccccc2c1-c1ccccc1. The van der Waals surface area contributed by atoms with Crippen LogP contribution in [0.1, 0.15) is 37.5 Å². The zero-order valence-electron chi connectivity index (χ0n) is 30.0. The number of hydrogen-bond acceptors (Lipinski definition) is 1. The van der Waals surface area contributed by atoms with E-state index in [1.807, 2.05) is 0 Å². The van der Waals surface area contributed by atoms with Gasteiger partial charge in [-0.05, 0) is 138 Å². The van der Waals surface area contributed by atoms with Gasteiger partial charge in [-0.2, -0.15) is 0 Å². The standard InChI is InChI=1S/C50H41N/c1-32-16-14-17-33(2)49(32)51(39-23-15-22-38(31-39)50(3,4)5)40-27-26-36-29-43-44(30-37(36)28-40)48-46(35-20-10-7-11-21-35)42-25-13-12-24-41(42)45(47(43)48)34-18-8-6-9-19-34/h6-31H,1-5H3. The number of aryl methyl sites for hydroxylation is 2. The minimum atomic E-state index is 0.0424. The molecule has 246 valence electrons. The summed E-state index contributed by atoms with van der Waals surface area (Å²) in [4.78, 5) is 2.46. The van der Waals surface area contributed by atoms with Crippen LogP contribution in [0.3, 0.4) is 0 Å². The molecular formula is C50H41N. The van der Waals surface area contributed by atoms with Gasteiger partial charge in [-0.1, -0.05) is 142 Å². The predicted molar refractivity (Wildman–Crippen MR) is 220 cm³/mol. The van der Waals surface area contributed by atoms with Crippen LogP contribution in [0.15, 0.2) is 158 Å². The molecule has 0 radical (unpaired) electrons. The van der Waals surface area contributed by atoms with E-state index < -0.39 is 0 Å². The first-order chi connectivity index (χ1) is 24.8. The first-order valence-electron chi connectivity index (χ1n) is 18.0. The van der Waals surface area contributed by atoms with Crippen molar-refractivity contribution in [1.82, 2.24) is 0 Å². The van der Waals surface area contributed by atoms with E-state index in [2.05, 4.69) is 197 Å². The van der Waals surface area contributed by atoms with E-state index >= 15 is 0 Å². The molecule has 1 aliphatic rings. The maximum atomic E-state index is 2.46. The third-order valence-electron chi connectivity index (χ3n) is 10.7. The maximum absolute atomic E-state index is 2.46. The van der Waals surface area contributed by atoms with Crippen molar-refractivity contribution in [2.75, 3.05) is 4.90 Å². The van der Waals surface area contributed by atoms with Crippen molar-refractivity contribution in [2.45, 2.75) is 40.0 Å². The Kier molecular flexibility index (Phi) is 7.22. The summed E-state index contributed by atoms with van der Waals surface area (Å²) < 4.78 is 0. The second-order valence-corrected chi connectivity index (χ2v) is 15.1. The van der Waals surface area contributed by atoms with Crippen molar-refractivity contribution in [1.29, 1.82) is 0 Å². The average molecular weight is 656 g/mol. The van der Waals surface area contributed by atoms with Crippen LogP contribution in [0, 0.1) is 13.8 Å². The fourth-order valence-electron chi connectivity index (χ4n) is 8.24. The Bertz CT molecular complexity index is 2600. The number of anilines is 3. The first-order valence-corrected chi connectivity index (χ1v) is 18.0. The normalized spacial score (nSPS) is 12.0. The Morgan fingerprint density at radius 2 is 0.922 bits per heavy atom. The van der Waals surface area contributed by atoms with Crippen molar-refractivity contribution in [3.8, 4) is 44.5 Å². The van der Waals surface area contributed by atoms with E-state index in [0.29, 0.717) is 0 Å². The van der Waals surface area contributed by atoms with Crippen LogP contribution in [0.2, 0.25) is 0 Å². The topological polar surface area (TPSA) is 3.24 Å². The molecule has 0 spiro atoms. The Morgan fingerprint density at radius 3 is 1.49 bits per heavy atom.